The molecule has 4 atom stereocenters. The minimum Gasteiger partial charge on any atom is -0.472 e. The smallest absolute Gasteiger partial charge is 0.357 e. The summed E-state index contributed by atoms with van der Waals surface area (Å²) in [5.41, 5.74) is 14.9. The second kappa shape index (κ2) is 31.4. The summed E-state index contributed by atoms with van der Waals surface area (Å²) in [6, 6.07) is 18.5. The van der Waals surface area contributed by atoms with Gasteiger partial charge in [-0.05, 0) is 160 Å². The van der Waals surface area contributed by atoms with Crippen molar-refractivity contribution in [2.75, 3.05) is 39.6 Å². The Kier molecular flexibility index (Phi) is 22.9. The molecule has 2 amide bonds. The highest BCUT2D eigenvalue weighted by Gasteiger charge is 2.32. The van der Waals surface area contributed by atoms with Crippen LogP contribution in [0.5, 0.6) is 23.5 Å². The van der Waals surface area contributed by atoms with Gasteiger partial charge in [-0.25, -0.2) is 64.6 Å². The van der Waals surface area contributed by atoms with Crippen LogP contribution < -0.4 is 30.4 Å². The number of halogens is 8. The van der Waals surface area contributed by atoms with Crippen molar-refractivity contribution in [3.63, 3.8) is 0 Å². The molecule has 4 aromatic heterocycles. The highest BCUT2D eigenvalue weighted by molar-refractivity contribution is 5.94. The van der Waals surface area contributed by atoms with E-state index >= 15 is 0 Å². The minimum absolute atomic E-state index is 0.0297. The van der Waals surface area contributed by atoms with E-state index in [4.69, 9.17) is 39.9 Å². The molecule has 4 aromatic carbocycles. The Bertz CT molecular complexity index is 3980. The molecule has 0 aliphatic carbocycles. The van der Waals surface area contributed by atoms with E-state index in [2.05, 4.69) is 19.9 Å². The van der Waals surface area contributed by atoms with Crippen LogP contribution in [0.15, 0.2) is 97.1 Å². The molecule has 8 N–H and O–H groups in total. The summed E-state index contributed by atoms with van der Waals surface area (Å²) < 4.78 is 142. The first-order chi connectivity index (χ1) is 46.0. The summed E-state index contributed by atoms with van der Waals surface area (Å²) in [5.74, 6) is -8.04. The number of aromatic nitrogens is 4. The van der Waals surface area contributed by atoms with Gasteiger partial charge in [0.05, 0.1) is 39.6 Å². The number of amides is 2. The minimum atomic E-state index is -0.786. The lowest BCUT2D eigenvalue weighted by molar-refractivity contribution is 0.0505. The second-order valence-corrected chi connectivity index (χ2v) is 21.9. The molecule has 96 heavy (non-hydrogen) atoms. The molecule has 4 aliphatic rings. The van der Waals surface area contributed by atoms with Crippen molar-refractivity contribution in [1.29, 1.82) is 0 Å². The molecule has 8 aromatic rings. The molecule has 8 heterocycles. The Balaban J connectivity index is 0.000000150. The van der Waals surface area contributed by atoms with E-state index in [1.54, 1.807) is 13.8 Å². The van der Waals surface area contributed by atoms with Gasteiger partial charge in [0, 0.05) is 68.8 Å². The Morgan fingerprint density at radius 1 is 0.385 bits per heavy atom. The number of pyridine rings is 4. The molecule has 12 rings (SSSR count). The number of esters is 2. The predicted molar refractivity (Wildman–Crippen MR) is 327 cm³/mol. The first kappa shape index (κ1) is 70.2. The fourth-order valence-corrected chi connectivity index (χ4v) is 10.8. The molecule has 0 unspecified atom stereocenters. The first-order valence-corrected chi connectivity index (χ1v) is 30.1. The number of fused-ring (bicyclic) bond motifs is 4. The van der Waals surface area contributed by atoms with Crippen LogP contribution in [-0.2, 0) is 35.2 Å². The van der Waals surface area contributed by atoms with E-state index in [1.165, 1.54) is 48.5 Å². The number of aliphatic hydroxyl groups is 4. The van der Waals surface area contributed by atoms with E-state index in [0.717, 1.165) is 48.5 Å². The number of nitrogens with two attached hydrogens (primary N) is 2. The second-order valence-electron chi connectivity index (χ2n) is 21.9. The normalized spacial score (nSPS) is 16.3. The monoisotopic (exact) mass is 1340 g/mol. The summed E-state index contributed by atoms with van der Waals surface area (Å²) in [5, 5.41) is 37.0. The van der Waals surface area contributed by atoms with Crippen LogP contribution in [0, 0.1) is 46.5 Å². The number of hydrogen-bond donors (Lipinski definition) is 6. The Hall–Kier alpha value is -10.2. The molecular weight excluding hydrogens is 1280 g/mol. The SMILES string of the molecule is CCOC(=O)c1cc(-c2ccc(F)cc2F)c2c(n1)O[C@@H](CO)CC2.CCOC(=O)c1cc(-c2ccc(F)cc2F)c2c(n1)O[C@H](CO)CC2.NC(=O)c1cc(-c2ccc(F)cc2F)c2c(n1)O[C@@H](CO)CC2.NC(=O)c1cc(-c2ccc(F)cc2F)c2c(n1)O[C@H](CO)CC2. The first-order valence-electron chi connectivity index (χ1n) is 30.1. The summed E-state index contributed by atoms with van der Waals surface area (Å²) in [4.78, 5) is 63.4. The van der Waals surface area contributed by atoms with Gasteiger partial charge >= 0.3 is 11.9 Å². The maximum atomic E-state index is 14.3. The van der Waals surface area contributed by atoms with Crippen molar-refractivity contribution in [2.45, 2.75) is 89.6 Å². The summed E-state index contributed by atoms with van der Waals surface area (Å²) >= 11 is 0. The average Bonchev–Trinajstić information content (AvgIpc) is 0.831. The van der Waals surface area contributed by atoms with Gasteiger partial charge in [-0.15, -0.1) is 0 Å². The van der Waals surface area contributed by atoms with E-state index in [9.17, 15) is 74.7 Å². The van der Waals surface area contributed by atoms with Crippen LogP contribution in [0.2, 0.25) is 0 Å². The van der Waals surface area contributed by atoms with Crippen LogP contribution in [0.1, 0.15) is 104 Å². The molecule has 0 fully saturated rings. The van der Waals surface area contributed by atoms with Gasteiger partial charge in [-0.1, -0.05) is 0 Å². The summed E-state index contributed by atoms with van der Waals surface area (Å²) in [6.07, 6.45) is 2.29. The largest absolute Gasteiger partial charge is 0.472 e. The number of benzene rings is 4. The average molecular weight is 1340 g/mol. The van der Waals surface area contributed by atoms with Crippen LogP contribution in [-0.4, -0.2) is 128 Å². The molecule has 28 heteroatoms. The number of carbonyl (C=O) groups excluding carboxylic acids is 4. The lowest BCUT2D eigenvalue weighted by Crippen LogP contribution is -2.28. The Morgan fingerprint density at radius 2 is 0.615 bits per heavy atom. The zero-order chi connectivity index (χ0) is 69.1. The molecule has 504 valence electrons. The molecule has 0 bridgehead atoms. The van der Waals surface area contributed by atoms with Gasteiger partial charge in [0.1, 0.15) is 82.3 Å². The van der Waals surface area contributed by atoms with Crippen molar-refractivity contribution >= 4 is 23.8 Å². The lowest BCUT2D eigenvalue weighted by atomic mass is 9.94. The summed E-state index contributed by atoms with van der Waals surface area (Å²) in [6.45, 7) is 2.89. The molecule has 0 radical (unpaired) electrons. The van der Waals surface area contributed by atoms with E-state index in [-0.39, 0.29) is 108 Å². The van der Waals surface area contributed by atoms with E-state index < -0.39 is 94.7 Å². The third-order valence-corrected chi connectivity index (χ3v) is 15.5. The van der Waals surface area contributed by atoms with Crippen LogP contribution in [0.3, 0.4) is 0 Å². The third-order valence-electron chi connectivity index (χ3n) is 15.5. The molecule has 0 saturated heterocycles. The third kappa shape index (κ3) is 16.3. The van der Waals surface area contributed by atoms with Gasteiger partial charge in [-0.3, -0.25) is 9.59 Å². The van der Waals surface area contributed by atoms with Crippen molar-refractivity contribution in [3.8, 4) is 68.0 Å². The van der Waals surface area contributed by atoms with Gasteiger partial charge in [0.15, 0.2) is 11.4 Å². The summed E-state index contributed by atoms with van der Waals surface area (Å²) in [7, 11) is 0. The molecule has 4 aliphatic heterocycles. The molecule has 0 spiro atoms. The van der Waals surface area contributed by atoms with Crippen molar-refractivity contribution in [1.82, 2.24) is 19.9 Å². The van der Waals surface area contributed by atoms with Gasteiger partial charge in [-0.2, -0.15) is 0 Å². The van der Waals surface area contributed by atoms with Crippen molar-refractivity contribution in [2.24, 2.45) is 11.5 Å². The topological polar surface area (TPSA) is 308 Å². The quantitative estimate of drug-likeness (QED) is 0.0436. The van der Waals surface area contributed by atoms with E-state index in [0.29, 0.717) is 95.9 Å². The molecular formula is C68H62F8N6O14. The van der Waals surface area contributed by atoms with Crippen molar-refractivity contribution < 1.29 is 103 Å². The van der Waals surface area contributed by atoms with Crippen LogP contribution >= 0.6 is 0 Å². The fraction of sp³-hybridized carbons (Fsp3) is 0.294. The van der Waals surface area contributed by atoms with Crippen LogP contribution in [0.25, 0.3) is 44.5 Å². The number of carbonyl (C=O) groups is 4. The number of aliphatic hydroxyl groups excluding tert-OH is 4. The number of ether oxygens (including phenoxy) is 6. The Labute approximate surface area is 542 Å². The standard InChI is InChI=1S/2C18H17F2NO4.2C16H14F2N2O3/c2*1-2-24-18(23)16-8-14(12-5-3-10(19)7-15(12)20)13-6-4-11(9-22)25-17(13)21-16;2*17-8-1-3-10(13(18)5-8)12-6-14(15(19)22)20-16-11(12)4-2-9(7-21)23-16/h2*3,5,7-8,11,22H,2,4,6,9H2,1H3;2*1,3,5-6,9,21H,2,4,7H2,(H2,19,22)/t2*11-;2*9-/m1010/s1. The maximum Gasteiger partial charge on any atom is 0.357 e. The van der Waals surface area contributed by atoms with Gasteiger partial charge in [0.25, 0.3) is 11.8 Å². The number of hydrogen-bond acceptors (Lipinski definition) is 18. The predicted octanol–water partition coefficient (Wildman–Crippen LogP) is 9.40. The fourth-order valence-electron chi connectivity index (χ4n) is 10.8. The zero-order valence-corrected chi connectivity index (χ0v) is 51.3. The number of rotatable bonds is 14. The zero-order valence-electron chi connectivity index (χ0n) is 51.3. The Morgan fingerprint density at radius 3 is 0.823 bits per heavy atom. The number of primary amides is 2. The van der Waals surface area contributed by atoms with Crippen molar-refractivity contribution in [3.05, 3.63) is 189 Å². The lowest BCUT2D eigenvalue weighted by Gasteiger charge is -2.26. The molecule has 0 saturated carbocycles. The molecule has 20 nitrogen and oxygen atoms in total. The van der Waals surface area contributed by atoms with Crippen LogP contribution in [0.4, 0.5) is 35.1 Å². The highest BCUT2D eigenvalue weighted by atomic mass is 19.2. The maximum absolute atomic E-state index is 14.3. The van der Waals surface area contributed by atoms with E-state index in [1.807, 2.05) is 0 Å². The highest BCUT2D eigenvalue weighted by Crippen LogP contribution is 2.41. The van der Waals surface area contributed by atoms with Gasteiger partial charge in [0.2, 0.25) is 23.5 Å². The van der Waals surface area contributed by atoms with Gasteiger partial charge < -0.3 is 60.3 Å². The number of nitrogens with zero attached hydrogens (tertiary/aromatic N) is 4.